The van der Waals surface area contributed by atoms with E-state index in [1.54, 1.807) is 6.08 Å². The zero-order chi connectivity index (χ0) is 23.2. The number of halogens is 1. The predicted octanol–water partition coefficient (Wildman–Crippen LogP) is 5.59. The van der Waals surface area contributed by atoms with E-state index in [4.69, 9.17) is 18.9 Å². The van der Waals surface area contributed by atoms with Crippen LogP contribution in [0.3, 0.4) is 0 Å². The number of carbonyl (C=O) groups is 1. The van der Waals surface area contributed by atoms with Crippen LogP contribution < -0.4 is 14.2 Å². The normalized spacial score (nSPS) is 17.9. The van der Waals surface area contributed by atoms with Crippen LogP contribution in [0.2, 0.25) is 0 Å². The molecule has 34 heavy (non-hydrogen) atoms. The van der Waals surface area contributed by atoms with E-state index in [1.165, 1.54) is 5.56 Å². The Balaban J connectivity index is 1.31. The molecule has 3 heterocycles. The van der Waals surface area contributed by atoms with Crippen LogP contribution in [0.5, 0.6) is 17.2 Å². The van der Waals surface area contributed by atoms with Crippen molar-refractivity contribution in [3.8, 4) is 17.2 Å². The van der Waals surface area contributed by atoms with Gasteiger partial charge < -0.3 is 18.9 Å². The molecule has 0 saturated carbocycles. The smallest absolute Gasteiger partial charge is 0.231 e. The molecule has 3 aliphatic heterocycles. The van der Waals surface area contributed by atoms with Gasteiger partial charge in [0, 0.05) is 39.8 Å². The molecule has 0 unspecified atom stereocenters. The Hall–Kier alpha value is -3.13. The van der Waals surface area contributed by atoms with Crippen molar-refractivity contribution in [1.82, 2.24) is 4.90 Å². The van der Waals surface area contributed by atoms with Crippen molar-refractivity contribution in [2.24, 2.45) is 0 Å². The minimum Gasteiger partial charge on any atom is -0.477 e. The van der Waals surface area contributed by atoms with Gasteiger partial charge in [-0.1, -0.05) is 46.3 Å². The number of ether oxygens (including phenoxy) is 4. The van der Waals surface area contributed by atoms with Gasteiger partial charge in [0.2, 0.25) is 5.78 Å². The highest BCUT2D eigenvalue weighted by molar-refractivity contribution is 9.10. The standard InChI is InChI=1S/C27H22BrNO5/c1-16-25-19(12-29(14-32-25)11-17-5-3-2-4-6-17)9-22-24(30)23(34-26(16)22)10-18-7-21(28)8-20-13-31-15-33-27(18)20/h2-10H,11-15H2,1H3/b23-10-. The molecule has 0 radical (unpaired) electrons. The molecule has 0 saturated heterocycles. The molecule has 0 amide bonds. The van der Waals surface area contributed by atoms with Crippen molar-refractivity contribution in [2.45, 2.75) is 26.6 Å². The van der Waals surface area contributed by atoms with Crippen molar-refractivity contribution in [1.29, 1.82) is 0 Å². The SMILES string of the molecule is Cc1c2c(cc3c1O/C(=C\c1cc(Br)cc4c1OCOC4)C3=O)CN(Cc1ccccc1)CO2. The highest BCUT2D eigenvalue weighted by atomic mass is 79.9. The van der Waals surface area contributed by atoms with Crippen molar-refractivity contribution in [3.05, 3.63) is 92.1 Å². The number of benzene rings is 3. The Bertz CT molecular complexity index is 1330. The largest absolute Gasteiger partial charge is 0.477 e. The molecule has 0 aromatic heterocycles. The summed E-state index contributed by atoms with van der Waals surface area (Å²) < 4.78 is 24.2. The lowest BCUT2D eigenvalue weighted by Crippen LogP contribution is -2.32. The summed E-state index contributed by atoms with van der Waals surface area (Å²) in [7, 11) is 0. The average molecular weight is 520 g/mol. The summed E-state index contributed by atoms with van der Waals surface area (Å²) in [6, 6.07) is 16.1. The van der Waals surface area contributed by atoms with Gasteiger partial charge in [0.25, 0.3) is 0 Å². The van der Waals surface area contributed by atoms with Crippen LogP contribution in [-0.2, 0) is 24.4 Å². The molecule has 0 N–H and O–H groups in total. The first-order chi connectivity index (χ1) is 16.6. The van der Waals surface area contributed by atoms with Crippen molar-refractivity contribution >= 4 is 27.8 Å². The molecular weight excluding hydrogens is 498 g/mol. The molecule has 3 aromatic carbocycles. The molecule has 6 nitrogen and oxygen atoms in total. The second kappa shape index (κ2) is 8.58. The number of Topliss-reactive ketones (excluding diaryl/α,β-unsaturated/α-hetero) is 1. The fraction of sp³-hybridized carbons (Fsp3) is 0.222. The predicted molar refractivity (Wildman–Crippen MR) is 130 cm³/mol. The number of carbonyl (C=O) groups excluding carboxylic acids is 1. The zero-order valence-electron chi connectivity index (χ0n) is 18.6. The van der Waals surface area contributed by atoms with Crippen LogP contribution in [0, 0.1) is 6.92 Å². The van der Waals surface area contributed by atoms with Crippen LogP contribution in [0.1, 0.15) is 38.2 Å². The van der Waals surface area contributed by atoms with Crippen molar-refractivity contribution in [2.75, 3.05) is 13.5 Å². The summed E-state index contributed by atoms with van der Waals surface area (Å²) in [5.74, 6) is 2.22. The maximum absolute atomic E-state index is 13.3. The third-order valence-electron chi connectivity index (χ3n) is 6.24. The van der Waals surface area contributed by atoms with Gasteiger partial charge in [-0.15, -0.1) is 0 Å². The number of ketones is 1. The Labute approximate surface area is 205 Å². The fourth-order valence-electron chi connectivity index (χ4n) is 4.70. The lowest BCUT2D eigenvalue weighted by Gasteiger charge is -2.30. The van der Waals surface area contributed by atoms with Crippen LogP contribution in [0.4, 0.5) is 0 Å². The number of hydrogen-bond donors (Lipinski definition) is 0. The third kappa shape index (κ3) is 3.79. The van der Waals surface area contributed by atoms with E-state index in [-0.39, 0.29) is 18.3 Å². The molecule has 0 spiro atoms. The van der Waals surface area contributed by atoms with E-state index in [0.717, 1.165) is 39.0 Å². The summed E-state index contributed by atoms with van der Waals surface area (Å²) >= 11 is 3.53. The van der Waals surface area contributed by atoms with Crippen LogP contribution >= 0.6 is 15.9 Å². The minimum atomic E-state index is -0.137. The molecule has 0 bridgehead atoms. The van der Waals surface area contributed by atoms with Gasteiger partial charge in [-0.05, 0) is 36.8 Å². The Morgan fingerprint density at radius 3 is 2.74 bits per heavy atom. The molecule has 6 rings (SSSR count). The monoisotopic (exact) mass is 519 g/mol. The van der Waals surface area contributed by atoms with Gasteiger partial charge in [-0.25, -0.2) is 0 Å². The number of allylic oxidation sites excluding steroid dienone is 1. The van der Waals surface area contributed by atoms with Gasteiger partial charge in [0.05, 0.1) is 12.2 Å². The van der Waals surface area contributed by atoms with Crippen LogP contribution in [0.25, 0.3) is 6.08 Å². The molecular formula is C27H22BrNO5. The van der Waals surface area contributed by atoms with Gasteiger partial charge in [0.1, 0.15) is 24.0 Å². The number of nitrogens with zero attached hydrogens (tertiary/aromatic N) is 1. The maximum Gasteiger partial charge on any atom is 0.231 e. The molecule has 3 aliphatic rings. The van der Waals surface area contributed by atoms with Crippen molar-refractivity contribution < 1.29 is 23.7 Å². The lowest BCUT2D eigenvalue weighted by molar-refractivity contribution is -0.0165. The Morgan fingerprint density at radius 2 is 1.88 bits per heavy atom. The number of fused-ring (bicyclic) bond motifs is 3. The summed E-state index contributed by atoms with van der Waals surface area (Å²) in [5, 5.41) is 0. The molecule has 0 fully saturated rings. The summed E-state index contributed by atoms with van der Waals surface area (Å²) in [4.78, 5) is 15.6. The van der Waals surface area contributed by atoms with E-state index < -0.39 is 0 Å². The van der Waals surface area contributed by atoms with Gasteiger partial charge >= 0.3 is 0 Å². The second-order valence-corrected chi connectivity index (χ2v) is 9.56. The lowest BCUT2D eigenvalue weighted by atomic mass is 9.99. The minimum absolute atomic E-state index is 0.137. The molecule has 0 aliphatic carbocycles. The number of hydrogen-bond acceptors (Lipinski definition) is 6. The van der Waals surface area contributed by atoms with E-state index >= 15 is 0 Å². The fourth-order valence-corrected chi connectivity index (χ4v) is 5.22. The topological polar surface area (TPSA) is 57.2 Å². The maximum atomic E-state index is 13.3. The van der Waals surface area contributed by atoms with E-state index in [9.17, 15) is 4.79 Å². The van der Waals surface area contributed by atoms with E-state index in [1.807, 2.05) is 43.3 Å². The molecule has 0 atom stereocenters. The molecule has 3 aromatic rings. The van der Waals surface area contributed by atoms with Crippen LogP contribution in [-0.4, -0.2) is 24.2 Å². The van der Waals surface area contributed by atoms with Gasteiger partial charge in [-0.2, -0.15) is 0 Å². The van der Waals surface area contributed by atoms with Crippen LogP contribution in [0.15, 0.2) is 58.8 Å². The highest BCUT2D eigenvalue weighted by Crippen LogP contribution is 2.44. The summed E-state index contributed by atoms with van der Waals surface area (Å²) in [5.41, 5.74) is 5.34. The molecule has 7 heteroatoms. The Morgan fingerprint density at radius 1 is 1.03 bits per heavy atom. The first-order valence-electron chi connectivity index (χ1n) is 11.1. The first-order valence-corrected chi connectivity index (χ1v) is 11.9. The van der Waals surface area contributed by atoms with Gasteiger partial charge in [0.15, 0.2) is 12.6 Å². The summed E-state index contributed by atoms with van der Waals surface area (Å²) in [6.45, 7) is 4.57. The highest BCUT2D eigenvalue weighted by Gasteiger charge is 2.34. The van der Waals surface area contributed by atoms with Gasteiger partial charge in [-0.3, -0.25) is 9.69 Å². The third-order valence-corrected chi connectivity index (χ3v) is 6.70. The number of rotatable bonds is 3. The first kappa shape index (κ1) is 21.4. The average Bonchev–Trinajstić information content (AvgIpc) is 3.15. The molecule has 172 valence electrons. The van der Waals surface area contributed by atoms with E-state index in [0.29, 0.717) is 36.9 Å². The Kier molecular flexibility index (Phi) is 5.40. The van der Waals surface area contributed by atoms with E-state index in [2.05, 4.69) is 33.0 Å². The quantitative estimate of drug-likeness (QED) is 0.420. The zero-order valence-corrected chi connectivity index (χ0v) is 20.2. The van der Waals surface area contributed by atoms with Crippen molar-refractivity contribution in [3.63, 3.8) is 0 Å². The summed E-state index contributed by atoms with van der Waals surface area (Å²) in [6.07, 6.45) is 1.75. The second-order valence-electron chi connectivity index (χ2n) is 8.65.